The van der Waals surface area contributed by atoms with Gasteiger partial charge in [-0.15, -0.1) is 11.8 Å². The Hall–Kier alpha value is -0.800. The highest BCUT2D eigenvalue weighted by Gasteiger charge is 2.17. The predicted octanol–water partition coefficient (Wildman–Crippen LogP) is 4.71. The minimum atomic E-state index is 0.354. The molecule has 1 aliphatic carbocycles. The first-order chi connectivity index (χ1) is 8.83. The Bertz CT molecular complexity index is 552. The van der Waals surface area contributed by atoms with E-state index in [-0.39, 0.29) is 0 Å². The van der Waals surface area contributed by atoms with Gasteiger partial charge in [0.2, 0.25) is 5.28 Å². The second-order valence-electron chi connectivity index (χ2n) is 4.69. The number of thioether (sulfide) groups is 1. The Labute approximate surface area is 116 Å². The minimum absolute atomic E-state index is 0.354. The largest absolute Gasteiger partial charge is 0.224 e. The summed E-state index contributed by atoms with van der Waals surface area (Å²) in [6.45, 7) is 0. The quantitative estimate of drug-likeness (QED) is 0.588. The van der Waals surface area contributed by atoms with Crippen molar-refractivity contribution in [1.82, 2.24) is 9.97 Å². The van der Waals surface area contributed by atoms with Crippen LogP contribution in [0, 0.1) is 0 Å². The molecule has 4 heteroatoms. The maximum atomic E-state index is 6.01. The first kappa shape index (κ1) is 12.2. The van der Waals surface area contributed by atoms with Crippen LogP contribution in [0.2, 0.25) is 5.28 Å². The zero-order chi connectivity index (χ0) is 12.4. The van der Waals surface area contributed by atoms with Crippen LogP contribution in [0.15, 0.2) is 29.3 Å². The van der Waals surface area contributed by atoms with Gasteiger partial charge in [-0.3, -0.25) is 0 Å². The molecule has 1 aromatic carbocycles. The molecule has 94 valence electrons. The van der Waals surface area contributed by atoms with Crippen molar-refractivity contribution in [1.29, 1.82) is 0 Å². The fraction of sp³-hybridized carbons (Fsp3) is 0.429. The molecule has 0 unspecified atom stereocenters. The molecule has 0 N–H and O–H groups in total. The van der Waals surface area contributed by atoms with E-state index in [1.807, 2.05) is 30.0 Å². The lowest BCUT2D eigenvalue weighted by atomic mass is 10.0. The van der Waals surface area contributed by atoms with E-state index in [4.69, 9.17) is 11.6 Å². The van der Waals surface area contributed by atoms with Crippen LogP contribution in [0.1, 0.15) is 32.1 Å². The lowest BCUT2D eigenvalue weighted by Crippen LogP contribution is -2.08. The van der Waals surface area contributed by atoms with Gasteiger partial charge in [0.1, 0.15) is 5.03 Å². The van der Waals surface area contributed by atoms with E-state index < -0.39 is 0 Å². The smallest absolute Gasteiger partial charge is 0.218 e. The van der Waals surface area contributed by atoms with E-state index in [0.29, 0.717) is 10.5 Å². The number of aromatic nitrogens is 2. The number of benzene rings is 1. The summed E-state index contributed by atoms with van der Waals surface area (Å²) in [6, 6.07) is 8.09. The monoisotopic (exact) mass is 278 g/mol. The molecule has 18 heavy (non-hydrogen) atoms. The third kappa shape index (κ3) is 2.62. The van der Waals surface area contributed by atoms with Crippen molar-refractivity contribution in [3.05, 3.63) is 29.5 Å². The van der Waals surface area contributed by atoms with Crippen LogP contribution in [0.4, 0.5) is 0 Å². The number of para-hydroxylation sites is 1. The number of rotatable bonds is 2. The highest BCUT2D eigenvalue weighted by Crippen LogP contribution is 2.36. The maximum absolute atomic E-state index is 6.01. The molecule has 1 aromatic heterocycles. The van der Waals surface area contributed by atoms with E-state index in [0.717, 1.165) is 15.9 Å². The summed E-state index contributed by atoms with van der Waals surface area (Å²) in [6.07, 6.45) is 6.65. The molecule has 2 nitrogen and oxygen atoms in total. The molecule has 0 spiro atoms. The fourth-order valence-corrected chi connectivity index (χ4v) is 4.00. The Morgan fingerprint density at radius 3 is 2.67 bits per heavy atom. The molecule has 0 atom stereocenters. The van der Waals surface area contributed by atoms with Crippen molar-refractivity contribution in [2.24, 2.45) is 0 Å². The Morgan fingerprint density at radius 2 is 1.83 bits per heavy atom. The summed E-state index contributed by atoms with van der Waals surface area (Å²) in [4.78, 5) is 8.68. The molecule has 1 heterocycles. The molecular weight excluding hydrogens is 264 g/mol. The number of hydrogen-bond acceptors (Lipinski definition) is 3. The third-order valence-corrected chi connectivity index (χ3v) is 4.88. The second kappa shape index (κ2) is 5.45. The van der Waals surface area contributed by atoms with Crippen LogP contribution in [-0.2, 0) is 0 Å². The molecule has 0 bridgehead atoms. The van der Waals surface area contributed by atoms with Gasteiger partial charge in [0, 0.05) is 10.6 Å². The first-order valence-corrected chi connectivity index (χ1v) is 7.67. The van der Waals surface area contributed by atoms with E-state index in [1.165, 1.54) is 32.1 Å². The third-order valence-electron chi connectivity index (χ3n) is 3.37. The molecule has 2 aromatic rings. The zero-order valence-electron chi connectivity index (χ0n) is 10.1. The zero-order valence-corrected chi connectivity index (χ0v) is 11.7. The minimum Gasteiger partial charge on any atom is -0.218 e. The van der Waals surface area contributed by atoms with Crippen LogP contribution < -0.4 is 0 Å². The Kier molecular flexibility index (Phi) is 3.71. The highest BCUT2D eigenvalue weighted by molar-refractivity contribution is 8.00. The van der Waals surface area contributed by atoms with Crippen molar-refractivity contribution in [3.63, 3.8) is 0 Å². The van der Waals surface area contributed by atoms with Crippen molar-refractivity contribution in [2.75, 3.05) is 0 Å². The average molecular weight is 279 g/mol. The van der Waals surface area contributed by atoms with Gasteiger partial charge >= 0.3 is 0 Å². The summed E-state index contributed by atoms with van der Waals surface area (Å²) >= 11 is 7.88. The van der Waals surface area contributed by atoms with Crippen molar-refractivity contribution < 1.29 is 0 Å². The normalized spacial score (nSPS) is 17.2. The van der Waals surface area contributed by atoms with Gasteiger partial charge in [0.05, 0.1) is 5.52 Å². The van der Waals surface area contributed by atoms with Crippen LogP contribution in [-0.4, -0.2) is 15.2 Å². The average Bonchev–Trinajstić information content (AvgIpc) is 2.40. The number of fused-ring (bicyclic) bond motifs is 1. The van der Waals surface area contributed by atoms with Gasteiger partial charge in [0.25, 0.3) is 0 Å². The highest BCUT2D eigenvalue weighted by atomic mass is 35.5. The lowest BCUT2D eigenvalue weighted by molar-refractivity contribution is 0.516. The molecule has 0 saturated heterocycles. The standard InChI is InChI=1S/C14H15ClN2S/c15-14-16-12-9-5-4-8-11(12)13(17-14)18-10-6-2-1-3-7-10/h4-5,8-10H,1-3,6-7H2. The van der Waals surface area contributed by atoms with E-state index in [9.17, 15) is 0 Å². The number of hydrogen-bond donors (Lipinski definition) is 0. The first-order valence-electron chi connectivity index (χ1n) is 6.42. The van der Waals surface area contributed by atoms with Crippen LogP contribution in [0.5, 0.6) is 0 Å². The van der Waals surface area contributed by atoms with Crippen molar-refractivity contribution in [3.8, 4) is 0 Å². The molecule has 0 aliphatic heterocycles. The van der Waals surface area contributed by atoms with Gasteiger partial charge in [-0.25, -0.2) is 9.97 Å². The van der Waals surface area contributed by atoms with Crippen LogP contribution in [0.25, 0.3) is 10.9 Å². The van der Waals surface area contributed by atoms with Crippen molar-refractivity contribution in [2.45, 2.75) is 42.4 Å². The summed E-state index contributed by atoms with van der Waals surface area (Å²) in [5.41, 5.74) is 0.941. The predicted molar refractivity (Wildman–Crippen MR) is 77.3 cm³/mol. The maximum Gasteiger partial charge on any atom is 0.224 e. The van der Waals surface area contributed by atoms with Crippen molar-refractivity contribution >= 4 is 34.3 Å². The van der Waals surface area contributed by atoms with Gasteiger partial charge in [0.15, 0.2) is 0 Å². The summed E-state index contributed by atoms with van der Waals surface area (Å²) in [5, 5.41) is 3.20. The van der Waals surface area contributed by atoms with Gasteiger partial charge in [-0.1, -0.05) is 37.5 Å². The fourth-order valence-electron chi connectivity index (χ4n) is 2.45. The van der Waals surface area contributed by atoms with Crippen LogP contribution >= 0.6 is 23.4 Å². The van der Waals surface area contributed by atoms with Gasteiger partial charge in [-0.2, -0.15) is 0 Å². The SMILES string of the molecule is Clc1nc(SC2CCCCC2)c2ccccc2n1. The molecular formula is C14H15ClN2S. The molecule has 1 aliphatic rings. The van der Waals surface area contributed by atoms with Gasteiger partial charge < -0.3 is 0 Å². The summed E-state index contributed by atoms with van der Waals surface area (Å²) in [5.74, 6) is 0. The van der Waals surface area contributed by atoms with E-state index >= 15 is 0 Å². The Balaban J connectivity index is 1.94. The summed E-state index contributed by atoms with van der Waals surface area (Å²) < 4.78 is 0. The summed E-state index contributed by atoms with van der Waals surface area (Å²) in [7, 11) is 0. The van der Waals surface area contributed by atoms with Crippen LogP contribution in [0.3, 0.4) is 0 Å². The van der Waals surface area contributed by atoms with E-state index in [1.54, 1.807) is 0 Å². The molecule has 1 fully saturated rings. The molecule has 0 amide bonds. The molecule has 1 saturated carbocycles. The number of halogens is 1. The molecule has 0 radical (unpaired) electrons. The second-order valence-corrected chi connectivity index (χ2v) is 6.32. The van der Waals surface area contributed by atoms with E-state index in [2.05, 4.69) is 16.0 Å². The van der Waals surface area contributed by atoms with Gasteiger partial charge in [-0.05, 0) is 30.5 Å². The Morgan fingerprint density at radius 1 is 1.06 bits per heavy atom. The topological polar surface area (TPSA) is 25.8 Å². The number of nitrogens with zero attached hydrogens (tertiary/aromatic N) is 2. The molecule has 3 rings (SSSR count). The lowest BCUT2D eigenvalue weighted by Gasteiger charge is -2.20.